The molecule has 0 saturated heterocycles. The molecule has 0 unspecified atom stereocenters. The van der Waals surface area contributed by atoms with Crippen LogP contribution in [0.25, 0.3) is 0 Å². The number of anilines is 1. The second-order valence-corrected chi connectivity index (χ2v) is 11.4. The number of nitrogens with zero attached hydrogens (tertiary/aromatic N) is 1. The fourth-order valence-electron chi connectivity index (χ4n) is 2.46. The molecule has 28 heavy (non-hydrogen) atoms. The van der Waals surface area contributed by atoms with Gasteiger partial charge in [0.25, 0.3) is 10.0 Å². The second-order valence-electron chi connectivity index (χ2n) is 7.53. The molecule has 154 valence electrons. The van der Waals surface area contributed by atoms with Gasteiger partial charge in [-0.15, -0.1) is 0 Å². The highest BCUT2D eigenvalue weighted by Gasteiger charge is 2.22. The van der Waals surface area contributed by atoms with Crippen molar-refractivity contribution in [2.24, 2.45) is 0 Å². The molecule has 0 aliphatic carbocycles. The molecule has 9 heteroatoms. The maximum atomic E-state index is 12.8. The molecule has 1 N–H and O–H groups in total. The van der Waals surface area contributed by atoms with E-state index in [1.807, 2.05) is 26.8 Å². The lowest BCUT2D eigenvalue weighted by molar-refractivity contribution is 0.416. The number of ether oxygens (including phenoxy) is 1. The Kier molecular flexibility index (Phi) is 6.13. The van der Waals surface area contributed by atoms with Gasteiger partial charge in [0, 0.05) is 14.1 Å². The zero-order valence-corrected chi connectivity index (χ0v) is 18.5. The minimum absolute atomic E-state index is 0.0174. The third-order valence-corrected chi connectivity index (χ3v) is 7.43. The Labute approximate surface area is 167 Å². The lowest BCUT2D eigenvalue weighted by atomic mass is 9.87. The summed E-state index contributed by atoms with van der Waals surface area (Å²) in [7, 11) is -3.27. The molecule has 0 radical (unpaired) electrons. The van der Waals surface area contributed by atoms with Crippen LogP contribution in [0.3, 0.4) is 0 Å². The minimum atomic E-state index is -3.93. The van der Waals surface area contributed by atoms with E-state index in [-0.39, 0.29) is 15.2 Å². The van der Waals surface area contributed by atoms with Gasteiger partial charge in [-0.1, -0.05) is 26.8 Å². The standard InChI is InChI=1S/C19H26N2O5S2/c1-19(2,3)14-7-12-18(26-6)17(13-14)20-27(22,23)15-8-10-16(11-9-15)28(24,25)21(4)5/h7-13,20H,1-6H3. The largest absolute Gasteiger partial charge is 0.495 e. The molecule has 0 atom stereocenters. The van der Waals surface area contributed by atoms with Gasteiger partial charge in [-0.05, 0) is 47.4 Å². The Morgan fingerprint density at radius 3 is 1.89 bits per heavy atom. The van der Waals surface area contributed by atoms with Crippen LogP contribution in [-0.4, -0.2) is 42.3 Å². The highest BCUT2D eigenvalue weighted by Crippen LogP contribution is 2.33. The summed E-state index contributed by atoms with van der Waals surface area (Å²) in [6.45, 7) is 6.07. The molecular weight excluding hydrogens is 400 g/mol. The molecule has 0 fully saturated rings. The van der Waals surface area contributed by atoms with E-state index in [4.69, 9.17) is 4.74 Å². The van der Waals surface area contributed by atoms with Gasteiger partial charge in [-0.3, -0.25) is 4.72 Å². The van der Waals surface area contributed by atoms with E-state index >= 15 is 0 Å². The monoisotopic (exact) mass is 426 g/mol. The fourth-order valence-corrected chi connectivity index (χ4v) is 4.42. The predicted molar refractivity (Wildman–Crippen MR) is 110 cm³/mol. The molecule has 7 nitrogen and oxygen atoms in total. The van der Waals surface area contributed by atoms with Gasteiger partial charge in [-0.2, -0.15) is 0 Å². The summed E-state index contributed by atoms with van der Waals surface area (Å²) in [6.07, 6.45) is 0. The summed E-state index contributed by atoms with van der Waals surface area (Å²) in [4.78, 5) is -0.0304. The summed E-state index contributed by atoms with van der Waals surface area (Å²) in [6, 6.07) is 10.4. The number of rotatable bonds is 6. The normalized spacial score (nSPS) is 12.8. The topological polar surface area (TPSA) is 92.8 Å². The molecule has 2 aromatic rings. The van der Waals surface area contributed by atoms with E-state index < -0.39 is 20.0 Å². The van der Waals surface area contributed by atoms with Crippen molar-refractivity contribution in [1.29, 1.82) is 0 Å². The van der Waals surface area contributed by atoms with Crippen molar-refractivity contribution < 1.29 is 21.6 Å². The first kappa shape index (κ1) is 22.2. The second kappa shape index (κ2) is 7.73. The molecule has 0 saturated carbocycles. The zero-order chi connectivity index (χ0) is 21.3. The van der Waals surface area contributed by atoms with Crippen molar-refractivity contribution in [3.63, 3.8) is 0 Å². The lowest BCUT2D eigenvalue weighted by Gasteiger charge is -2.21. The smallest absolute Gasteiger partial charge is 0.262 e. The van der Waals surface area contributed by atoms with Crippen LogP contribution in [0.15, 0.2) is 52.3 Å². The Morgan fingerprint density at radius 2 is 1.43 bits per heavy atom. The SMILES string of the molecule is COc1ccc(C(C)(C)C)cc1NS(=O)(=O)c1ccc(S(=O)(=O)N(C)C)cc1. The van der Waals surface area contributed by atoms with Crippen LogP contribution in [0.2, 0.25) is 0 Å². The molecule has 0 aliphatic heterocycles. The highest BCUT2D eigenvalue weighted by atomic mass is 32.2. The van der Waals surface area contributed by atoms with Crippen molar-refractivity contribution in [1.82, 2.24) is 4.31 Å². The quantitative estimate of drug-likeness (QED) is 0.766. The summed E-state index contributed by atoms with van der Waals surface area (Å²) in [5.74, 6) is 0.392. The Morgan fingerprint density at radius 1 is 0.893 bits per heavy atom. The van der Waals surface area contributed by atoms with Crippen LogP contribution in [0.5, 0.6) is 5.75 Å². The predicted octanol–water partition coefficient (Wildman–Crippen LogP) is 3.04. The summed E-state index contributed by atoms with van der Waals surface area (Å²) < 4.78 is 58.8. The third-order valence-electron chi connectivity index (χ3n) is 4.22. The van der Waals surface area contributed by atoms with Crippen LogP contribution in [0.4, 0.5) is 5.69 Å². The van der Waals surface area contributed by atoms with Crippen LogP contribution < -0.4 is 9.46 Å². The average molecular weight is 427 g/mol. The molecule has 0 amide bonds. The molecule has 0 aromatic heterocycles. The van der Waals surface area contributed by atoms with Gasteiger partial charge in [-0.25, -0.2) is 21.1 Å². The van der Waals surface area contributed by atoms with Gasteiger partial charge >= 0.3 is 0 Å². The van der Waals surface area contributed by atoms with Crippen molar-refractivity contribution >= 4 is 25.7 Å². The molecule has 0 spiro atoms. The van der Waals surface area contributed by atoms with Gasteiger partial charge in [0.05, 0.1) is 22.6 Å². The lowest BCUT2D eigenvalue weighted by Crippen LogP contribution is -2.22. The van der Waals surface area contributed by atoms with E-state index in [9.17, 15) is 16.8 Å². The van der Waals surface area contributed by atoms with Crippen molar-refractivity contribution in [2.75, 3.05) is 25.9 Å². The molecule has 0 heterocycles. The summed E-state index contributed by atoms with van der Waals surface area (Å²) in [5, 5.41) is 0. The van der Waals surface area contributed by atoms with Gasteiger partial charge in [0.2, 0.25) is 10.0 Å². The Balaban J connectivity index is 2.41. The van der Waals surface area contributed by atoms with Crippen LogP contribution >= 0.6 is 0 Å². The molecule has 2 rings (SSSR count). The van der Waals surface area contributed by atoms with E-state index in [1.54, 1.807) is 12.1 Å². The number of benzene rings is 2. The fraction of sp³-hybridized carbons (Fsp3) is 0.368. The van der Waals surface area contributed by atoms with Crippen molar-refractivity contribution in [3.05, 3.63) is 48.0 Å². The van der Waals surface area contributed by atoms with Crippen LogP contribution in [0.1, 0.15) is 26.3 Å². The van der Waals surface area contributed by atoms with E-state index in [0.29, 0.717) is 11.4 Å². The van der Waals surface area contributed by atoms with E-state index in [2.05, 4.69) is 4.72 Å². The van der Waals surface area contributed by atoms with Crippen molar-refractivity contribution in [3.8, 4) is 5.75 Å². The number of methoxy groups -OCH3 is 1. The summed E-state index contributed by atoms with van der Waals surface area (Å²) in [5.41, 5.74) is 1.09. The van der Waals surface area contributed by atoms with Gasteiger partial charge in [0.1, 0.15) is 5.75 Å². The maximum Gasteiger partial charge on any atom is 0.262 e. The number of sulfonamides is 2. The van der Waals surface area contributed by atoms with E-state index in [0.717, 1.165) is 9.87 Å². The van der Waals surface area contributed by atoms with Gasteiger partial charge in [0.15, 0.2) is 0 Å². The Hall–Kier alpha value is -2.10. The highest BCUT2D eigenvalue weighted by molar-refractivity contribution is 7.92. The Bertz CT molecular complexity index is 1050. The average Bonchev–Trinajstić information content (AvgIpc) is 2.60. The van der Waals surface area contributed by atoms with E-state index in [1.165, 1.54) is 45.5 Å². The van der Waals surface area contributed by atoms with Crippen molar-refractivity contribution in [2.45, 2.75) is 36.0 Å². The molecule has 0 aliphatic rings. The number of hydrogen-bond donors (Lipinski definition) is 1. The first-order valence-corrected chi connectivity index (χ1v) is 11.5. The zero-order valence-electron chi connectivity index (χ0n) is 16.8. The summed E-state index contributed by atoms with van der Waals surface area (Å²) >= 11 is 0. The van der Waals surface area contributed by atoms with Crippen LogP contribution in [0, 0.1) is 0 Å². The molecular formula is C19H26N2O5S2. The first-order valence-electron chi connectivity index (χ1n) is 8.53. The number of nitrogens with one attached hydrogen (secondary N) is 1. The third kappa shape index (κ3) is 4.65. The maximum absolute atomic E-state index is 12.8. The molecule has 2 aromatic carbocycles. The number of hydrogen-bond acceptors (Lipinski definition) is 5. The van der Waals surface area contributed by atoms with Gasteiger partial charge < -0.3 is 4.74 Å². The molecule has 0 bridgehead atoms. The first-order chi connectivity index (χ1) is 12.8. The van der Waals surface area contributed by atoms with Crippen LogP contribution in [-0.2, 0) is 25.5 Å². The minimum Gasteiger partial charge on any atom is -0.495 e.